The highest BCUT2D eigenvalue weighted by molar-refractivity contribution is 6.42. The summed E-state index contributed by atoms with van der Waals surface area (Å²) in [6.45, 7) is 0.943. The molecule has 0 saturated carbocycles. The second kappa shape index (κ2) is 4.68. The van der Waals surface area contributed by atoms with Gasteiger partial charge in [-0.15, -0.1) is 0 Å². The number of hydrogen-bond acceptors (Lipinski definition) is 4. The maximum Gasteiger partial charge on any atom is 0.294 e. The van der Waals surface area contributed by atoms with Crippen molar-refractivity contribution >= 4 is 34.6 Å². The second-order valence-corrected chi connectivity index (χ2v) is 4.72. The summed E-state index contributed by atoms with van der Waals surface area (Å²) < 4.78 is 0. The van der Waals surface area contributed by atoms with Crippen LogP contribution in [0.4, 0.5) is 11.4 Å². The number of nitro benzene ring substituents is 1. The summed E-state index contributed by atoms with van der Waals surface area (Å²) in [5.74, 6) is 0. The molecule has 1 aliphatic rings. The molecule has 17 heavy (non-hydrogen) atoms. The van der Waals surface area contributed by atoms with Gasteiger partial charge in [-0.3, -0.25) is 10.1 Å². The summed E-state index contributed by atoms with van der Waals surface area (Å²) in [4.78, 5) is 12.2. The minimum absolute atomic E-state index is 0.0894. The van der Waals surface area contributed by atoms with E-state index in [1.54, 1.807) is 4.90 Å². The summed E-state index contributed by atoms with van der Waals surface area (Å²) in [5, 5.41) is 20.8. The van der Waals surface area contributed by atoms with Crippen LogP contribution in [0.3, 0.4) is 0 Å². The molecular weight excluding hydrogens is 267 g/mol. The summed E-state index contributed by atoms with van der Waals surface area (Å²) >= 11 is 11.6. The maximum atomic E-state index is 10.9. The Bertz CT molecular complexity index is 467. The Labute approximate surface area is 108 Å². The molecule has 0 bridgehead atoms. The Morgan fingerprint density at radius 1 is 1.41 bits per heavy atom. The van der Waals surface area contributed by atoms with Gasteiger partial charge in [0, 0.05) is 19.2 Å². The second-order valence-electron chi connectivity index (χ2n) is 3.90. The van der Waals surface area contributed by atoms with Crippen LogP contribution in [0.5, 0.6) is 0 Å². The minimum Gasteiger partial charge on any atom is -0.391 e. The third kappa shape index (κ3) is 2.46. The molecule has 7 heteroatoms. The van der Waals surface area contributed by atoms with E-state index in [9.17, 15) is 15.2 Å². The Morgan fingerprint density at radius 3 is 2.59 bits per heavy atom. The number of hydrogen-bond donors (Lipinski definition) is 1. The van der Waals surface area contributed by atoms with Crippen molar-refractivity contribution in [2.75, 3.05) is 18.0 Å². The fourth-order valence-corrected chi connectivity index (χ4v) is 2.20. The molecule has 0 unspecified atom stereocenters. The predicted octanol–water partition coefficient (Wildman–Crippen LogP) is 2.47. The van der Waals surface area contributed by atoms with Crippen LogP contribution >= 0.6 is 23.2 Å². The monoisotopic (exact) mass is 276 g/mol. The molecule has 1 aromatic carbocycles. The lowest BCUT2D eigenvalue weighted by molar-refractivity contribution is -0.384. The molecule has 0 radical (unpaired) electrons. The lowest BCUT2D eigenvalue weighted by Crippen LogP contribution is -2.22. The fraction of sp³-hybridized carbons (Fsp3) is 0.400. The van der Waals surface area contributed by atoms with Gasteiger partial charge in [-0.2, -0.15) is 0 Å². The first-order chi connectivity index (χ1) is 7.99. The zero-order valence-electron chi connectivity index (χ0n) is 8.77. The molecule has 0 spiro atoms. The van der Waals surface area contributed by atoms with Crippen molar-refractivity contribution in [1.29, 1.82) is 0 Å². The minimum atomic E-state index is -0.498. The molecule has 0 aliphatic carbocycles. The molecule has 1 atom stereocenters. The van der Waals surface area contributed by atoms with Gasteiger partial charge in [0.05, 0.1) is 21.1 Å². The lowest BCUT2D eigenvalue weighted by atomic mass is 10.2. The first kappa shape index (κ1) is 12.4. The molecule has 0 aromatic heterocycles. The number of aliphatic hydroxyl groups excluding tert-OH is 1. The van der Waals surface area contributed by atoms with E-state index in [4.69, 9.17) is 23.2 Å². The van der Waals surface area contributed by atoms with E-state index in [0.717, 1.165) is 0 Å². The number of aliphatic hydroxyl groups is 1. The smallest absolute Gasteiger partial charge is 0.294 e. The number of nitro groups is 1. The zero-order chi connectivity index (χ0) is 12.6. The van der Waals surface area contributed by atoms with E-state index in [2.05, 4.69) is 0 Å². The standard InChI is InChI=1S/C10H10Cl2N2O3/c11-7-3-9(13-2-1-6(15)5-13)10(14(16)17)4-8(7)12/h3-4,6,15H,1-2,5H2/t6-/m0/s1. The number of β-amino-alcohol motifs (C(OH)–C–C–N with tert-alkyl or cyclic N) is 1. The van der Waals surface area contributed by atoms with Crippen molar-refractivity contribution in [2.45, 2.75) is 12.5 Å². The third-order valence-electron chi connectivity index (χ3n) is 2.72. The van der Waals surface area contributed by atoms with Gasteiger partial charge in [-0.1, -0.05) is 23.2 Å². The van der Waals surface area contributed by atoms with Crippen molar-refractivity contribution in [3.8, 4) is 0 Å². The highest BCUT2D eigenvalue weighted by Gasteiger charge is 2.27. The zero-order valence-corrected chi connectivity index (χ0v) is 10.3. The first-order valence-corrected chi connectivity index (χ1v) is 5.81. The van der Waals surface area contributed by atoms with E-state index >= 15 is 0 Å². The topological polar surface area (TPSA) is 66.6 Å². The molecule has 2 rings (SSSR count). The molecule has 0 amide bonds. The van der Waals surface area contributed by atoms with Gasteiger partial charge in [0.2, 0.25) is 0 Å². The largest absolute Gasteiger partial charge is 0.391 e. The Hall–Kier alpha value is -1.04. The van der Waals surface area contributed by atoms with Gasteiger partial charge in [-0.05, 0) is 12.5 Å². The van der Waals surface area contributed by atoms with Crippen molar-refractivity contribution in [2.24, 2.45) is 0 Å². The van der Waals surface area contributed by atoms with Crippen LogP contribution in [0, 0.1) is 10.1 Å². The van der Waals surface area contributed by atoms with Gasteiger partial charge in [0.15, 0.2) is 0 Å². The van der Waals surface area contributed by atoms with E-state index < -0.39 is 11.0 Å². The normalized spacial score (nSPS) is 19.7. The molecule has 1 aromatic rings. The number of nitrogens with zero attached hydrogens (tertiary/aromatic N) is 2. The predicted molar refractivity (Wildman–Crippen MR) is 66.0 cm³/mol. The van der Waals surface area contributed by atoms with Crippen LogP contribution in [0.1, 0.15) is 6.42 Å². The van der Waals surface area contributed by atoms with Crippen molar-refractivity contribution in [3.63, 3.8) is 0 Å². The van der Waals surface area contributed by atoms with Crippen LogP contribution in [-0.4, -0.2) is 29.2 Å². The molecule has 1 aliphatic heterocycles. The van der Waals surface area contributed by atoms with Gasteiger partial charge < -0.3 is 10.0 Å². The average Bonchev–Trinajstić information content (AvgIpc) is 2.68. The number of anilines is 1. The Balaban J connectivity index is 2.44. The molecule has 1 N–H and O–H groups in total. The lowest BCUT2D eigenvalue weighted by Gasteiger charge is -2.18. The van der Waals surface area contributed by atoms with Crippen LogP contribution in [0.25, 0.3) is 0 Å². The number of halogens is 2. The summed E-state index contributed by atoms with van der Waals surface area (Å²) in [7, 11) is 0. The molecular formula is C10H10Cl2N2O3. The highest BCUT2D eigenvalue weighted by Crippen LogP contribution is 2.37. The molecule has 92 valence electrons. The summed E-state index contributed by atoms with van der Waals surface area (Å²) in [5.41, 5.74) is 0.314. The number of benzene rings is 1. The van der Waals surface area contributed by atoms with Crippen molar-refractivity contribution in [1.82, 2.24) is 0 Å². The Kier molecular flexibility index (Phi) is 3.42. The average molecular weight is 277 g/mol. The summed E-state index contributed by atoms with van der Waals surface area (Å²) in [6, 6.07) is 2.71. The quantitative estimate of drug-likeness (QED) is 0.666. The summed E-state index contributed by atoms with van der Waals surface area (Å²) in [6.07, 6.45) is 0.140. The van der Waals surface area contributed by atoms with Gasteiger partial charge in [0.25, 0.3) is 5.69 Å². The SMILES string of the molecule is O=[N+]([O-])c1cc(Cl)c(Cl)cc1N1CC[C@H](O)C1. The fourth-order valence-electron chi connectivity index (χ4n) is 1.89. The van der Waals surface area contributed by atoms with E-state index in [-0.39, 0.29) is 15.7 Å². The van der Waals surface area contributed by atoms with Crippen molar-refractivity contribution < 1.29 is 10.0 Å². The van der Waals surface area contributed by atoms with Crippen LogP contribution in [0.2, 0.25) is 10.0 Å². The third-order valence-corrected chi connectivity index (χ3v) is 3.44. The van der Waals surface area contributed by atoms with Gasteiger partial charge >= 0.3 is 0 Å². The molecule has 1 fully saturated rings. The molecule has 5 nitrogen and oxygen atoms in total. The molecule has 1 saturated heterocycles. The highest BCUT2D eigenvalue weighted by atomic mass is 35.5. The van der Waals surface area contributed by atoms with Crippen molar-refractivity contribution in [3.05, 3.63) is 32.3 Å². The number of rotatable bonds is 2. The Morgan fingerprint density at radius 2 is 2.06 bits per heavy atom. The maximum absolute atomic E-state index is 10.9. The van der Waals surface area contributed by atoms with E-state index in [1.807, 2.05) is 0 Å². The van der Waals surface area contributed by atoms with Crippen LogP contribution in [0.15, 0.2) is 12.1 Å². The first-order valence-electron chi connectivity index (χ1n) is 5.05. The van der Waals surface area contributed by atoms with Gasteiger partial charge in [0.1, 0.15) is 5.69 Å². The molecule has 1 heterocycles. The van der Waals surface area contributed by atoms with Gasteiger partial charge in [-0.25, -0.2) is 0 Å². The van der Waals surface area contributed by atoms with Crippen LogP contribution in [-0.2, 0) is 0 Å². The van der Waals surface area contributed by atoms with E-state index in [0.29, 0.717) is 25.2 Å². The van der Waals surface area contributed by atoms with E-state index in [1.165, 1.54) is 12.1 Å². The van der Waals surface area contributed by atoms with Crippen LogP contribution < -0.4 is 4.90 Å².